The van der Waals surface area contributed by atoms with Gasteiger partial charge in [0.05, 0.1) is 30.1 Å². The van der Waals surface area contributed by atoms with Crippen molar-refractivity contribution in [2.45, 2.75) is 130 Å². The van der Waals surface area contributed by atoms with Crippen molar-refractivity contribution in [1.29, 1.82) is 0 Å². The van der Waals surface area contributed by atoms with Crippen LogP contribution in [0.4, 0.5) is 0 Å². The van der Waals surface area contributed by atoms with Gasteiger partial charge in [-0.05, 0) is 105 Å². The molecule has 0 aromatic carbocycles. The second-order valence-corrected chi connectivity index (χ2v) is 17.0. The summed E-state index contributed by atoms with van der Waals surface area (Å²) in [6.45, 7) is 10.6. The lowest BCUT2D eigenvalue weighted by molar-refractivity contribution is -0.312. The van der Waals surface area contributed by atoms with E-state index < -0.39 is 58.9 Å². The summed E-state index contributed by atoms with van der Waals surface area (Å²) < 4.78 is 11.9. The van der Waals surface area contributed by atoms with E-state index in [1.54, 1.807) is 6.92 Å². The average molecular weight is 635 g/mol. The number of fused-ring (bicyclic) bond motifs is 7. The first-order valence-corrected chi connectivity index (χ1v) is 17.0. The Morgan fingerprint density at radius 2 is 1.58 bits per heavy atom. The molecule has 4 saturated carbocycles. The van der Waals surface area contributed by atoms with Gasteiger partial charge >= 0.3 is 11.9 Å². The van der Waals surface area contributed by atoms with Crippen LogP contribution in [0.15, 0.2) is 11.6 Å². The molecule has 0 radical (unpaired) electrons. The van der Waals surface area contributed by atoms with Crippen LogP contribution in [0.25, 0.3) is 0 Å². The predicted octanol–water partition coefficient (Wildman–Crippen LogP) is 3.73. The Labute approximate surface area is 266 Å². The van der Waals surface area contributed by atoms with E-state index in [2.05, 4.69) is 33.8 Å². The summed E-state index contributed by atoms with van der Waals surface area (Å²) >= 11 is 0. The summed E-state index contributed by atoms with van der Waals surface area (Å²) in [6.07, 6.45) is 3.24. The number of aliphatic hydroxyl groups is 4. The normalized spacial score (nSPS) is 54.5. The molecule has 10 nitrogen and oxygen atoms in total. The highest BCUT2D eigenvalue weighted by molar-refractivity contribution is 5.79. The molecule has 45 heavy (non-hydrogen) atoms. The maximum absolute atomic E-state index is 12.9. The molecule has 0 amide bonds. The minimum Gasteiger partial charge on any atom is -0.481 e. The van der Waals surface area contributed by atoms with Crippen LogP contribution in [0.5, 0.6) is 0 Å². The molecule has 10 heteroatoms. The third-order valence-corrected chi connectivity index (χ3v) is 15.2. The fourth-order valence-electron chi connectivity index (χ4n) is 11.9. The van der Waals surface area contributed by atoms with Crippen molar-refractivity contribution in [2.24, 2.45) is 50.2 Å². The summed E-state index contributed by atoms with van der Waals surface area (Å²) in [5, 5.41) is 62.5. The summed E-state index contributed by atoms with van der Waals surface area (Å²) in [6, 6.07) is 0. The minimum atomic E-state index is -1.39. The van der Waals surface area contributed by atoms with Crippen LogP contribution in [-0.2, 0) is 19.1 Å². The standard InChI is InChI=1S/C35H54O10/c1-30(28(40)41)12-14-35(29(42)43)15-13-33(4)19(20(35)16-30)6-7-23-31(2)10-9-24(45-27-26(39)25(38)21(37)17-44-27)32(3,18-36)22(31)8-11-34(23,33)5/h6,20-27,36-39H,7-18H2,1-5H3,(H,40,41)(H,42,43)/t20-,21-,22+,23-,24-,25+,26-,27+,30+,31-,32+,33-,34-,35+/m1/s1. The number of hydrogen-bond acceptors (Lipinski definition) is 8. The van der Waals surface area contributed by atoms with Crippen molar-refractivity contribution in [3.05, 3.63) is 11.6 Å². The van der Waals surface area contributed by atoms with Gasteiger partial charge in [0.2, 0.25) is 0 Å². The van der Waals surface area contributed by atoms with E-state index in [0.717, 1.165) is 37.7 Å². The zero-order valence-electron chi connectivity index (χ0n) is 27.5. The molecule has 6 rings (SSSR count). The summed E-state index contributed by atoms with van der Waals surface area (Å²) in [5.41, 5.74) is -1.92. The highest BCUT2D eigenvalue weighted by Crippen LogP contribution is 2.76. The van der Waals surface area contributed by atoms with E-state index in [4.69, 9.17) is 9.47 Å². The van der Waals surface area contributed by atoms with Crippen molar-refractivity contribution < 1.29 is 49.7 Å². The zero-order chi connectivity index (χ0) is 33.0. The molecule has 0 aromatic rings. The lowest BCUT2D eigenvalue weighted by Gasteiger charge is -2.71. The van der Waals surface area contributed by atoms with E-state index in [1.807, 2.05) is 0 Å². The number of aliphatic hydroxyl groups excluding tert-OH is 4. The van der Waals surface area contributed by atoms with Crippen molar-refractivity contribution in [2.75, 3.05) is 13.2 Å². The Kier molecular flexibility index (Phi) is 7.95. The molecule has 1 saturated heterocycles. The first kappa shape index (κ1) is 33.3. The molecule has 6 N–H and O–H groups in total. The topological polar surface area (TPSA) is 174 Å². The van der Waals surface area contributed by atoms with Gasteiger partial charge in [-0.1, -0.05) is 39.3 Å². The lowest BCUT2D eigenvalue weighted by Crippen LogP contribution is -2.66. The number of rotatable bonds is 5. The van der Waals surface area contributed by atoms with Crippen molar-refractivity contribution in [3.8, 4) is 0 Å². The third kappa shape index (κ3) is 4.41. The number of ether oxygens (including phenoxy) is 2. The van der Waals surface area contributed by atoms with Gasteiger partial charge < -0.3 is 40.1 Å². The van der Waals surface area contributed by atoms with E-state index in [0.29, 0.717) is 32.1 Å². The largest absolute Gasteiger partial charge is 0.481 e. The van der Waals surface area contributed by atoms with Gasteiger partial charge in [0.15, 0.2) is 6.29 Å². The van der Waals surface area contributed by atoms with Crippen LogP contribution >= 0.6 is 0 Å². The van der Waals surface area contributed by atoms with Gasteiger partial charge in [0.25, 0.3) is 0 Å². The molecule has 0 unspecified atom stereocenters. The quantitative estimate of drug-likeness (QED) is 0.193. The maximum atomic E-state index is 12.9. The van der Waals surface area contributed by atoms with Crippen LogP contribution < -0.4 is 0 Å². The second kappa shape index (κ2) is 10.7. The Hall–Kier alpha value is -1.56. The van der Waals surface area contributed by atoms with Crippen molar-refractivity contribution >= 4 is 11.9 Å². The summed E-state index contributed by atoms with van der Waals surface area (Å²) in [5.74, 6) is -1.58. The smallest absolute Gasteiger partial charge is 0.310 e. The molecule has 254 valence electrons. The van der Waals surface area contributed by atoms with Crippen LogP contribution in [-0.4, -0.2) is 86.5 Å². The number of hydrogen-bond donors (Lipinski definition) is 6. The number of aliphatic carboxylic acids is 2. The first-order chi connectivity index (χ1) is 20.9. The molecule has 0 bridgehead atoms. The van der Waals surface area contributed by atoms with Crippen molar-refractivity contribution in [1.82, 2.24) is 0 Å². The molecular formula is C35H54O10. The van der Waals surface area contributed by atoms with Gasteiger partial charge in [-0.15, -0.1) is 0 Å². The van der Waals surface area contributed by atoms with Crippen LogP contribution in [0, 0.1) is 50.2 Å². The van der Waals surface area contributed by atoms with Crippen LogP contribution in [0.2, 0.25) is 0 Å². The molecule has 5 aliphatic carbocycles. The molecule has 6 aliphatic rings. The summed E-state index contributed by atoms with van der Waals surface area (Å²) in [7, 11) is 0. The molecule has 1 aliphatic heterocycles. The fraction of sp³-hybridized carbons (Fsp3) is 0.886. The Balaban J connectivity index is 1.33. The maximum Gasteiger partial charge on any atom is 0.310 e. The van der Waals surface area contributed by atoms with E-state index >= 15 is 0 Å². The molecule has 0 spiro atoms. The van der Waals surface area contributed by atoms with Crippen molar-refractivity contribution in [3.63, 3.8) is 0 Å². The lowest BCUT2D eigenvalue weighted by atomic mass is 9.33. The van der Waals surface area contributed by atoms with Gasteiger partial charge in [-0.25, -0.2) is 0 Å². The average Bonchev–Trinajstić information content (AvgIpc) is 2.98. The second-order valence-electron chi connectivity index (χ2n) is 17.0. The van der Waals surface area contributed by atoms with E-state index in [9.17, 15) is 40.2 Å². The predicted molar refractivity (Wildman–Crippen MR) is 163 cm³/mol. The molecule has 0 aromatic heterocycles. The third-order valence-electron chi connectivity index (χ3n) is 15.2. The van der Waals surface area contributed by atoms with E-state index in [-0.39, 0.29) is 47.2 Å². The zero-order valence-corrected chi connectivity index (χ0v) is 27.5. The molecule has 5 fully saturated rings. The monoisotopic (exact) mass is 634 g/mol. The van der Waals surface area contributed by atoms with Gasteiger partial charge in [0.1, 0.15) is 18.3 Å². The number of carboxylic acid groups (broad SMARTS) is 2. The van der Waals surface area contributed by atoms with Gasteiger partial charge in [0, 0.05) is 5.41 Å². The Morgan fingerprint density at radius 1 is 0.889 bits per heavy atom. The Morgan fingerprint density at radius 3 is 2.22 bits per heavy atom. The Bertz CT molecular complexity index is 1250. The highest BCUT2D eigenvalue weighted by Gasteiger charge is 2.70. The molecule has 14 atom stereocenters. The highest BCUT2D eigenvalue weighted by atomic mass is 16.7. The minimum absolute atomic E-state index is 0.105. The number of carboxylic acids is 2. The van der Waals surface area contributed by atoms with Crippen LogP contribution in [0.1, 0.15) is 98.8 Å². The molecule has 1 heterocycles. The molecular weight excluding hydrogens is 580 g/mol. The van der Waals surface area contributed by atoms with Gasteiger partial charge in [-0.3, -0.25) is 9.59 Å². The first-order valence-electron chi connectivity index (χ1n) is 17.0. The fourth-order valence-corrected chi connectivity index (χ4v) is 11.9. The van der Waals surface area contributed by atoms with E-state index in [1.165, 1.54) is 0 Å². The number of carbonyl (C=O) groups is 2. The SMILES string of the molecule is C[C@]1(C(=O)O)CC[C@]2(C(=O)O)CC[C@]3(C)C(=CC[C@@H]4[C@]5(C)CC[C@@H](O[C@@H]6OC[C@@H](O)[C@H](O)[C@H]6O)[C@@](C)(CO)[C@H]5CC[C@]43C)[C@H]2C1. The van der Waals surface area contributed by atoms with Gasteiger partial charge in [-0.2, -0.15) is 0 Å². The summed E-state index contributed by atoms with van der Waals surface area (Å²) in [4.78, 5) is 25.3. The van der Waals surface area contributed by atoms with Crippen LogP contribution in [0.3, 0.4) is 0 Å². The number of allylic oxidation sites excluding steroid dienone is 2.